The Balaban J connectivity index is 1.74. The van der Waals surface area contributed by atoms with E-state index in [1.54, 1.807) is 12.1 Å². The van der Waals surface area contributed by atoms with Crippen LogP contribution in [0, 0.1) is 11.3 Å². The molecule has 0 saturated heterocycles. The summed E-state index contributed by atoms with van der Waals surface area (Å²) in [7, 11) is 0. The maximum absolute atomic E-state index is 12.4. The van der Waals surface area contributed by atoms with Crippen LogP contribution in [0.1, 0.15) is 25.7 Å². The van der Waals surface area contributed by atoms with Crippen LogP contribution in [0.5, 0.6) is 5.75 Å². The van der Waals surface area contributed by atoms with Crippen LogP contribution >= 0.6 is 0 Å². The van der Waals surface area contributed by atoms with Gasteiger partial charge in [-0.05, 0) is 37.5 Å². The molecule has 0 bridgehead atoms. The fraction of sp³-hybridized carbons (Fsp3) is 0.238. The van der Waals surface area contributed by atoms with Gasteiger partial charge in [0, 0.05) is 18.1 Å². The van der Waals surface area contributed by atoms with Crippen molar-refractivity contribution in [2.75, 3.05) is 6.61 Å². The Morgan fingerprint density at radius 1 is 1.00 bits per heavy atom. The Morgan fingerprint density at radius 2 is 1.84 bits per heavy atom. The van der Waals surface area contributed by atoms with Crippen LogP contribution in [-0.4, -0.2) is 6.61 Å². The summed E-state index contributed by atoms with van der Waals surface area (Å²) in [6, 6.07) is 18.5. The molecule has 126 valence electrons. The van der Waals surface area contributed by atoms with E-state index in [1.807, 2.05) is 36.4 Å². The van der Waals surface area contributed by atoms with Crippen LogP contribution in [0.3, 0.4) is 0 Å². The molecule has 0 radical (unpaired) electrons. The highest BCUT2D eigenvalue weighted by Gasteiger charge is 2.08. The lowest BCUT2D eigenvalue weighted by molar-refractivity contribution is 0.306. The molecule has 0 fully saturated rings. The lowest BCUT2D eigenvalue weighted by atomic mass is 10.1. The molecule has 0 aliphatic rings. The minimum atomic E-state index is -0.0837. The number of hydrogen-bond donors (Lipinski definition) is 0. The first-order valence-electron chi connectivity index (χ1n) is 8.41. The lowest BCUT2D eigenvalue weighted by Crippen LogP contribution is -2.02. The fourth-order valence-corrected chi connectivity index (χ4v) is 2.64. The van der Waals surface area contributed by atoms with Gasteiger partial charge in [0.2, 0.25) is 0 Å². The highest BCUT2D eigenvalue weighted by atomic mass is 16.5. The maximum atomic E-state index is 12.4. The minimum Gasteiger partial charge on any atom is -0.494 e. The quantitative estimate of drug-likeness (QED) is 0.576. The molecule has 0 atom stereocenters. The molecule has 0 amide bonds. The van der Waals surface area contributed by atoms with Crippen molar-refractivity contribution in [3.63, 3.8) is 0 Å². The molecule has 1 heterocycles. The molecule has 0 N–H and O–H groups in total. The summed E-state index contributed by atoms with van der Waals surface area (Å²) < 4.78 is 11.6. The number of unbranched alkanes of at least 4 members (excludes halogenated alkanes) is 3. The number of ether oxygens (including phenoxy) is 1. The zero-order valence-corrected chi connectivity index (χ0v) is 13.9. The zero-order chi connectivity index (χ0) is 17.5. The van der Waals surface area contributed by atoms with E-state index in [2.05, 4.69) is 6.07 Å². The molecular formula is C21H19NO3. The van der Waals surface area contributed by atoms with E-state index in [4.69, 9.17) is 14.4 Å². The molecule has 4 heteroatoms. The Morgan fingerprint density at radius 3 is 2.64 bits per heavy atom. The van der Waals surface area contributed by atoms with Gasteiger partial charge in [-0.3, -0.25) is 4.79 Å². The number of benzene rings is 2. The van der Waals surface area contributed by atoms with Crippen molar-refractivity contribution in [1.82, 2.24) is 0 Å². The number of nitriles is 1. The predicted octanol–water partition coefficient (Wildman–Crippen LogP) is 4.92. The van der Waals surface area contributed by atoms with Gasteiger partial charge >= 0.3 is 0 Å². The summed E-state index contributed by atoms with van der Waals surface area (Å²) in [5.74, 6) is 1.22. The summed E-state index contributed by atoms with van der Waals surface area (Å²) in [5, 5.41) is 9.02. The van der Waals surface area contributed by atoms with Crippen molar-refractivity contribution in [2.45, 2.75) is 25.7 Å². The first-order valence-corrected chi connectivity index (χ1v) is 8.41. The number of rotatable bonds is 7. The van der Waals surface area contributed by atoms with Crippen LogP contribution in [0.2, 0.25) is 0 Å². The Labute approximate surface area is 146 Å². The average molecular weight is 333 g/mol. The smallest absolute Gasteiger partial charge is 0.193 e. The molecule has 0 spiro atoms. The van der Waals surface area contributed by atoms with E-state index in [0.717, 1.165) is 24.8 Å². The van der Waals surface area contributed by atoms with Gasteiger partial charge in [-0.1, -0.05) is 30.3 Å². The van der Waals surface area contributed by atoms with Crippen molar-refractivity contribution in [1.29, 1.82) is 5.26 Å². The fourth-order valence-electron chi connectivity index (χ4n) is 2.64. The predicted molar refractivity (Wildman–Crippen MR) is 97.5 cm³/mol. The van der Waals surface area contributed by atoms with Crippen LogP contribution in [0.4, 0.5) is 0 Å². The van der Waals surface area contributed by atoms with E-state index in [0.29, 0.717) is 35.5 Å². The second-order valence-corrected chi connectivity index (χ2v) is 5.82. The van der Waals surface area contributed by atoms with E-state index in [-0.39, 0.29) is 5.43 Å². The second kappa shape index (κ2) is 8.16. The highest BCUT2D eigenvalue weighted by molar-refractivity contribution is 5.80. The van der Waals surface area contributed by atoms with Gasteiger partial charge in [-0.2, -0.15) is 5.26 Å². The topological polar surface area (TPSA) is 63.2 Å². The van der Waals surface area contributed by atoms with Gasteiger partial charge in [0.15, 0.2) is 5.43 Å². The molecule has 0 aliphatic heterocycles. The largest absolute Gasteiger partial charge is 0.494 e. The average Bonchev–Trinajstić information content (AvgIpc) is 2.65. The second-order valence-electron chi connectivity index (χ2n) is 5.82. The zero-order valence-electron chi connectivity index (χ0n) is 13.9. The molecule has 0 unspecified atom stereocenters. The van der Waals surface area contributed by atoms with Gasteiger partial charge in [0.1, 0.15) is 17.1 Å². The molecule has 3 aromatic rings. The van der Waals surface area contributed by atoms with E-state index >= 15 is 0 Å². The van der Waals surface area contributed by atoms with Gasteiger partial charge in [-0.15, -0.1) is 0 Å². The molecule has 3 rings (SSSR count). The normalized spacial score (nSPS) is 10.5. The molecule has 4 nitrogen and oxygen atoms in total. The Hall–Kier alpha value is -3.06. The van der Waals surface area contributed by atoms with Gasteiger partial charge in [0.05, 0.1) is 18.1 Å². The van der Waals surface area contributed by atoms with Gasteiger partial charge in [-0.25, -0.2) is 0 Å². The van der Waals surface area contributed by atoms with E-state index in [9.17, 15) is 4.79 Å². The van der Waals surface area contributed by atoms with Crippen molar-refractivity contribution >= 4 is 11.0 Å². The maximum Gasteiger partial charge on any atom is 0.193 e. The third-order valence-electron chi connectivity index (χ3n) is 3.96. The van der Waals surface area contributed by atoms with Crippen molar-refractivity contribution in [3.05, 3.63) is 64.8 Å². The van der Waals surface area contributed by atoms with Crippen molar-refractivity contribution in [3.8, 4) is 23.1 Å². The molecule has 2 aromatic carbocycles. The van der Waals surface area contributed by atoms with Crippen LogP contribution < -0.4 is 10.2 Å². The molecule has 1 aromatic heterocycles. The van der Waals surface area contributed by atoms with Gasteiger partial charge < -0.3 is 9.15 Å². The molecule has 0 aliphatic carbocycles. The first kappa shape index (κ1) is 16.8. The van der Waals surface area contributed by atoms with E-state index in [1.165, 1.54) is 6.07 Å². The monoisotopic (exact) mass is 333 g/mol. The third-order valence-corrected chi connectivity index (χ3v) is 3.96. The Kier molecular flexibility index (Phi) is 5.48. The standard InChI is InChI=1S/C21H19NO3/c22-12-6-1-2-7-13-24-17-10-11-20-18(14-17)19(23)15-21(25-20)16-8-4-3-5-9-16/h3-5,8-11,14-15H,1-2,6-7,13H2. The summed E-state index contributed by atoms with van der Waals surface area (Å²) in [6.07, 6.45) is 3.33. The van der Waals surface area contributed by atoms with E-state index < -0.39 is 0 Å². The van der Waals surface area contributed by atoms with Gasteiger partial charge in [0.25, 0.3) is 0 Å². The Bertz CT molecular complexity index is 939. The van der Waals surface area contributed by atoms with Crippen LogP contribution in [0.15, 0.2) is 63.8 Å². The third kappa shape index (κ3) is 4.27. The molecule has 0 saturated carbocycles. The minimum absolute atomic E-state index is 0.0837. The number of fused-ring (bicyclic) bond motifs is 1. The lowest BCUT2D eigenvalue weighted by Gasteiger charge is -2.07. The molecular weight excluding hydrogens is 314 g/mol. The SMILES string of the molecule is N#CCCCCCOc1ccc2oc(-c3ccccc3)cc(=O)c2c1. The first-order chi connectivity index (χ1) is 12.3. The van der Waals surface area contributed by atoms with Crippen molar-refractivity contribution in [2.24, 2.45) is 0 Å². The summed E-state index contributed by atoms with van der Waals surface area (Å²) in [6.45, 7) is 0.574. The van der Waals surface area contributed by atoms with Crippen LogP contribution in [-0.2, 0) is 0 Å². The summed E-state index contributed by atoms with van der Waals surface area (Å²) >= 11 is 0. The summed E-state index contributed by atoms with van der Waals surface area (Å²) in [4.78, 5) is 12.4. The number of nitrogens with zero attached hydrogens (tertiary/aromatic N) is 1. The molecule has 25 heavy (non-hydrogen) atoms. The highest BCUT2D eigenvalue weighted by Crippen LogP contribution is 2.24. The van der Waals surface area contributed by atoms with Crippen LogP contribution in [0.25, 0.3) is 22.3 Å². The van der Waals surface area contributed by atoms with Crippen molar-refractivity contribution < 1.29 is 9.15 Å². The number of hydrogen-bond acceptors (Lipinski definition) is 4. The summed E-state index contributed by atoms with van der Waals surface area (Å²) in [5.41, 5.74) is 1.34.